The Morgan fingerprint density at radius 2 is 1.50 bits per heavy atom. The van der Waals surface area contributed by atoms with Crippen LogP contribution in [0.3, 0.4) is 0 Å². The van der Waals surface area contributed by atoms with E-state index in [2.05, 4.69) is 63.5 Å². The Labute approximate surface area is 252 Å². The van der Waals surface area contributed by atoms with Gasteiger partial charge in [0, 0.05) is 66.1 Å². The quantitative estimate of drug-likeness (QED) is 0.221. The summed E-state index contributed by atoms with van der Waals surface area (Å²) in [6, 6.07) is 10.4. The lowest BCUT2D eigenvalue weighted by molar-refractivity contribution is -0.134. The van der Waals surface area contributed by atoms with Crippen molar-refractivity contribution in [2.75, 3.05) is 33.7 Å². The molecule has 5 N–H and O–H groups in total. The van der Waals surface area contributed by atoms with E-state index in [-0.39, 0.29) is 6.10 Å². The standard InChI is InChI=1S/C22H27N5O.2C4H4O4/c1-26(2)13-17-12-23-20-4-3-16(11-18(17)20)19-5-6-22(25-24-19)28-21-14-27-9-7-15(21)8-10-27;2*5-3(6)1-2-4(7)8/h3-6,11-12,15,21,23H,7-10,13-14H2,1-2H3;2*1-2H,(H,5,6)(H,7,8)/b;2*2-1+/t21-;;/m0../s1. The highest BCUT2D eigenvalue weighted by molar-refractivity contribution is 5.90. The molecule has 2 bridgehead atoms. The second-order valence-corrected chi connectivity index (χ2v) is 10.4. The van der Waals surface area contributed by atoms with E-state index in [0.717, 1.165) is 29.9 Å². The van der Waals surface area contributed by atoms with E-state index in [1.165, 1.54) is 36.9 Å². The number of carboxylic acid groups (broad SMARTS) is 4. The number of hydrogen-bond donors (Lipinski definition) is 5. The molecule has 6 rings (SSSR count). The van der Waals surface area contributed by atoms with Gasteiger partial charge in [0.15, 0.2) is 0 Å². The summed E-state index contributed by atoms with van der Waals surface area (Å²) in [7, 11) is 4.17. The third kappa shape index (κ3) is 10.6. The molecule has 0 spiro atoms. The summed E-state index contributed by atoms with van der Waals surface area (Å²) in [6.07, 6.45) is 7.05. The maximum absolute atomic E-state index is 9.55. The number of H-pyrrole nitrogens is 1. The van der Waals surface area contributed by atoms with Crippen LogP contribution in [0.25, 0.3) is 22.2 Å². The van der Waals surface area contributed by atoms with Crippen molar-refractivity contribution in [2.45, 2.75) is 25.5 Å². The number of rotatable bonds is 9. The molecule has 2 aromatic heterocycles. The summed E-state index contributed by atoms with van der Waals surface area (Å²) in [5.41, 5.74) is 4.39. The van der Waals surface area contributed by atoms with Crippen LogP contribution in [0.2, 0.25) is 0 Å². The van der Waals surface area contributed by atoms with Crippen LogP contribution in [0.15, 0.2) is 60.8 Å². The summed E-state index contributed by atoms with van der Waals surface area (Å²) >= 11 is 0. The predicted molar refractivity (Wildman–Crippen MR) is 159 cm³/mol. The summed E-state index contributed by atoms with van der Waals surface area (Å²) in [6.45, 7) is 4.35. The number of ether oxygens (including phenoxy) is 1. The van der Waals surface area contributed by atoms with Crippen LogP contribution >= 0.6 is 0 Å². The molecule has 14 nitrogen and oxygen atoms in total. The average molecular weight is 610 g/mol. The first kappa shape index (κ1) is 33.4. The van der Waals surface area contributed by atoms with Crippen LogP contribution in [-0.2, 0) is 25.7 Å². The number of aromatic nitrogens is 3. The molecule has 1 atom stereocenters. The van der Waals surface area contributed by atoms with E-state index in [9.17, 15) is 19.2 Å². The predicted octanol–water partition coefficient (Wildman–Crippen LogP) is 2.58. The fourth-order valence-electron chi connectivity index (χ4n) is 4.83. The van der Waals surface area contributed by atoms with Gasteiger partial charge >= 0.3 is 23.9 Å². The SMILES string of the molecule is CN(C)Cc1c[nH]c2ccc(-c3ccc(O[C@H]4CN5CCC4CC5)nn3)cc12.O=C(O)/C=C/C(=O)O.O=C(O)/C=C/C(=O)O. The van der Waals surface area contributed by atoms with Gasteiger partial charge in [0.05, 0.1) is 5.69 Å². The highest BCUT2D eigenvalue weighted by Crippen LogP contribution is 2.31. The highest BCUT2D eigenvalue weighted by atomic mass is 16.5. The van der Waals surface area contributed by atoms with Gasteiger partial charge in [-0.2, -0.15) is 0 Å². The first-order chi connectivity index (χ1) is 20.9. The third-order valence-corrected chi connectivity index (χ3v) is 6.80. The first-order valence-electron chi connectivity index (χ1n) is 13.7. The van der Waals surface area contributed by atoms with Gasteiger partial charge in [0.2, 0.25) is 5.88 Å². The maximum Gasteiger partial charge on any atom is 0.328 e. The number of piperidine rings is 3. The Morgan fingerprint density at radius 3 is 1.95 bits per heavy atom. The fourth-order valence-corrected chi connectivity index (χ4v) is 4.83. The summed E-state index contributed by atoms with van der Waals surface area (Å²) in [5, 5.41) is 41.3. The second kappa shape index (κ2) is 16.0. The number of nitrogens with one attached hydrogen (secondary N) is 1. The van der Waals surface area contributed by atoms with Crippen molar-refractivity contribution in [3.8, 4) is 17.1 Å². The van der Waals surface area contributed by atoms with Crippen molar-refractivity contribution < 1.29 is 44.3 Å². The van der Waals surface area contributed by atoms with Gasteiger partial charge in [-0.05, 0) is 69.7 Å². The Balaban J connectivity index is 0.000000275. The van der Waals surface area contributed by atoms with Gasteiger partial charge in [0.1, 0.15) is 6.10 Å². The molecule has 0 amide bonds. The normalized spacial score (nSPS) is 18.8. The van der Waals surface area contributed by atoms with Crippen LogP contribution < -0.4 is 4.74 Å². The molecule has 3 saturated heterocycles. The van der Waals surface area contributed by atoms with Gasteiger partial charge in [-0.15, -0.1) is 10.2 Å². The van der Waals surface area contributed by atoms with E-state index >= 15 is 0 Å². The maximum atomic E-state index is 9.55. The smallest absolute Gasteiger partial charge is 0.328 e. The molecule has 14 heteroatoms. The van der Waals surface area contributed by atoms with Crippen molar-refractivity contribution in [1.29, 1.82) is 0 Å². The van der Waals surface area contributed by atoms with E-state index in [4.69, 9.17) is 25.2 Å². The van der Waals surface area contributed by atoms with E-state index in [0.29, 0.717) is 36.1 Å². The molecular weight excluding hydrogens is 574 g/mol. The molecule has 5 heterocycles. The van der Waals surface area contributed by atoms with E-state index in [1.807, 2.05) is 12.1 Å². The van der Waals surface area contributed by atoms with Crippen LogP contribution in [0.1, 0.15) is 18.4 Å². The van der Waals surface area contributed by atoms with Gasteiger partial charge in [-0.3, -0.25) is 4.90 Å². The van der Waals surface area contributed by atoms with Crippen molar-refractivity contribution in [1.82, 2.24) is 25.0 Å². The number of aromatic amines is 1. The van der Waals surface area contributed by atoms with Gasteiger partial charge in [-0.25, -0.2) is 19.2 Å². The Kier molecular flexibility index (Phi) is 12.1. The van der Waals surface area contributed by atoms with Crippen molar-refractivity contribution in [2.24, 2.45) is 5.92 Å². The van der Waals surface area contributed by atoms with Crippen LogP contribution in [0.5, 0.6) is 5.88 Å². The minimum Gasteiger partial charge on any atom is -0.478 e. The number of hydrogen-bond acceptors (Lipinski definition) is 9. The highest BCUT2D eigenvalue weighted by Gasteiger charge is 2.35. The fraction of sp³-hybridized carbons (Fsp3) is 0.333. The Hall–Kier alpha value is -5.08. The molecule has 1 aromatic carbocycles. The molecule has 0 saturated carbocycles. The average Bonchev–Trinajstić information content (AvgIpc) is 3.38. The third-order valence-electron chi connectivity index (χ3n) is 6.80. The molecule has 3 aromatic rings. The number of benzene rings is 1. The van der Waals surface area contributed by atoms with E-state index < -0.39 is 23.9 Å². The number of aliphatic carboxylic acids is 4. The lowest BCUT2D eigenvalue weighted by Crippen LogP contribution is -2.52. The molecule has 3 aliphatic heterocycles. The number of carboxylic acids is 4. The molecule has 0 unspecified atom stereocenters. The summed E-state index contributed by atoms with van der Waals surface area (Å²) < 4.78 is 6.17. The molecule has 0 radical (unpaired) electrons. The monoisotopic (exact) mass is 609 g/mol. The lowest BCUT2D eigenvalue weighted by Gasteiger charge is -2.44. The number of nitrogens with zero attached hydrogens (tertiary/aromatic N) is 4. The van der Waals surface area contributed by atoms with Crippen molar-refractivity contribution in [3.05, 3.63) is 66.4 Å². The topological polar surface area (TPSA) is 206 Å². The molecule has 44 heavy (non-hydrogen) atoms. The molecule has 3 fully saturated rings. The molecule has 234 valence electrons. The van der Waals surface area contributed by atoms with Crippen LogP contribution in [0.4, 0.5) is 0 Å². The molecular formula is C30H35N5O9. The second-order valence-electron chi connectivity index (χ2n) is 10.4. The zero-order valence-corrected chi connectivity index (χ0v) is 24.3. The number of fused-ring (bicyclic) bond motifs is 4. The van der Waals surface area contributed by atoms with E-state index in [1.54, 1.807) is 0 Å². The lowest BCUT2D eigenvalue weighted by atomic mass is 9.86. The number of carbonyl (C=O) groups is 4. The van der Waals surface area contributed by atoms with Crippen molar-refractivity contribution >= 4 is 34.8 Å². The largest absolute Gasteiger partial charge is 0.478 e. The zero-order valence-electron chi connectivity index (χ0n) is 24.3. The minimum absolute atomic E-state index is 0.257. The van der Waals surface area contributed by atoms with Crippen molar-refractivity contribution in [3.63, 3.8) is 0 Å². The minimum atomic E-state index is -1.26. The molecule has 0 aliphatic carbocycles. The summed E-state index contributed by atoms with van der Waals surface area (Å²) in [5.74, 6) is -3.73. The van der Waals surface area contributed by atoms with Crippen LogP contribution in [-0.4, -0.2) is 109 Å². The van der Waals surface area contributed by atoms with Crippen LogP contribution in [0, 0.1) is 5.92 Å². The first-order valence-corrected chi connectivity index (χ1v) is 13.7. The van der Waals surface area contributed by atoms with Gasteiger partial charge in [-0.1, -0.05) is 6.07 Å². The Bertz CT molecular complexity index is 1440. The van der Waals surface area contributed by atoms with Gasteiger partial charge < -0.3 is 35.0 Å². The zero-order chi connectivity index (χ0) is 32.2. The summed E-state index contributed by atoms with van der Waals surface area (Å²) in [4.78, 5) is 46.2. The molecule has 3 aliphatic rings. The van der Waals surface area contributed by atoms with Gasteiger partial charge in [0.25, 0.3) is 0 Å². The Morgan fingerprint density at radius 1 is 0.909 bits per heavy atom.